The van der Waals surface area contributed by atoms with E-state index in [0.717, 1.165) is 5.56 Å². The number of aromatic nitrogens is 3. The van der Waals surface area contributed by atoms with Crippen LogP contribution < -0.4 is 10.1 Å². The first-order chi connectivity index (χ1) is 11.7. The number of nitrogens with zero attached hydrogens (tertiary/aromatic N) is 3. The van der Waals surface area contributed by atoms with Gasteiger partial charge in [0.15, 0.2) is 0 Å². The summed E-state index contributed by atoms with van der Waals surface area (Å²) >= 11 is 0. The minimum absolute atomic E-state index is 0.269. The molecule has 0 spiro atoms. The molecular formula is C18H18N4O2. The molecule has 0 aliphatic rings. The van der Waals surface area contributed by atoms with Crippen LogP contribution in [0.1, 0.15) is 27.9 Å². The van der Waals surface area contributed by atoms with E-state index in [4.69, 9.17) is 4.74 Å². The third-order valence-electron chi connectivity index (χ3n) is 3.74. The van der Waals surface area contributed by atoms with Gasteiger partial charge in [0, 0.05) is 31.2 Å². The maximum Gasteiger partial charge on any atom is 0.270 e. The topological polar surface area (TPSA) is 69.0 Å². The summed E-state index contributed by atoms with van der Waals surface area (Å²) in [7, 11) is 3.49. The van der Waals surface area contributed by atoms with Crippen molar-refractivity contribution in [2.24, 2.45) is 7.05 Å². The molecule has 24 heavy (non-hydrogen) atoms. The molecule has 0 saturated heterocycles. The van der Waals surface area contributed by atoms with Gasteiger partial charge in [-0.15, -0.1) is 0 Å². The van der Waals surface area contributed by atoms with E-state index in [-0.39, 0.29) is 5.91 Å². The quantitative estimate of drug-likeness (QED) is 0.783. The van der Waals surface area contributed by atoms with Crippen LogP contribution in [0.15, 0.2) is 61.1 Å². The lowest BCUT2D eigenvalue weighted by Gasteiger charge is -2.21. The summed E-state index contributed by atoms with van der Waals surface area (Å²) in [5.41, 5.74) is 1.19. The minimum Gasteiger partial charge on any atom is -0.496 e. The van der Waals surface area contributed by atoms with Crippen LogP contribution in [0.4, 0.5) is 0 Å². The van der Waals surface area contributed by atoms with Crippen molar-refractivity contribution < 1.29 is 9.53 Å². The highest BCUT2D eigenvalue weighted by Gasteiger charge is 2.24. The molecule has 1 aromatic carbocycles. The van der Waals surface area contributed by atoms with Crippen LogP contribution in [0.3, 0.4) is 0 Å². The van der Waals surface area contributed by atoms with Crippen LogP contribution in [0.5, 0.6) is 5.75 Å². The zero-order valence-corrected chi connectivity index (χ0v) is 13.5. The van der Waals surface area contributed by atoms with Gasteiger partial charge in [0.05, 0.1) is 7.11 Å². The largest absolute Gasteiger partial charge is 0.496 e. The minimum atomic E-state index is -0.448. The number of carbonyl (C=O) groups is 1. The van der Waals surface area contributed by atoms with Crippen LogP contribution in [-0.4, -0.2) is 27.6 Å². The number of amides is 1. The van der Waals surface area contributed by atoms with Crippen LogP contribution >= 0.6 is 0 Å². The second-order valence-corrected chi connectivity index (χ2v) is 5.26. The number of carbonyl (C=O) groups excluding carboxylic acids is 1. The number of hydrogen-bond acceptors (Lipinski definition) is 4. The predicted molar refractivity (Wildman–Crippen MR) is 89.7 cm³/mol. The molecule has 122 valence electrons. The molecule has 0 bridgehead atoms. The fourth-order valence-electron chi connectivity index (χ4n) is 2.54. The van der Waals surface area contributed by atoms with Crippen molar-refractivity contribution in [1.29, 1.82) is 0 Å². The molecule has 0 radical (unpaired) electrons. The van der Waals surface area contributed by atoms with Crippen LogP contribution in [0.2, 0.25) is 0 Å². The normalized spacial score (nSPS) is 11.8. The van der Waals surface area contributed by atoms with Crippen molar-refractivity contribution in [3.8, 4) is 5.75 Å². The molecule has 0 aliphatic carbocycles. The third-order valence-corrected chi connectivity index (χ3v) is 3.74. The van der Waals surface area contributed by atoms with Gasteiger partial charge in [0.2, 0.25) is 0 Å². The first kappa shape index (κ1) is 15.7. The van der Waals surface area contributed by atoms with Crippen LogP contribution in [-0.2, 0) is 7.05 Å². The fourth-order valence-corrected chi connectivity index (χ4v) is 2.54. The second kappa shape index (κ2) is 6.95. The molecule has 2 aromatic heterocycles. The molecule has 6 nitrogen and oxygen atoms in total. The molecule has 1 atom stereocenters. The zero-order valence-electron chi connectivity index (χ0n) is 13.5. The van der Waals surface area contributed by atoms with E-state index in [1.807, 2.05) is 42.1 Å². The van der Waals surface area contributed by atoms with Gasteiger partial charge in [0.25, 0.3) is 5.91 Å². The number of benzene rings is 1. The molecule has 1 amide bonds. The van der Waals surface area contributed by atoms with Crippen molar-refractivity contribution in [1.82, 2.24) is 19.9 Å². The summed E-state index contributed by atoms with van der Waals surface area (Å²) in [5, 5.41) is 3.00. The monoisotopic (exact) mass is 322 g/mol. The summed E-state index contributed by atoms with van der Waals surface area (Å²) in [4.78, 5) is 21.1. The summed E-state index contributed by atoms with van der Waals surface area (Å²) in [6.07, 6.45) is 5.13. The Kier molecular flexibility index (Phi) is 4.56. The van der Waals surface area contributed by atoms with E-state index >= 15 is 0 Å². The first-order valence-corrected chi connectivity index (χ1v) is 7.52. The number of hydrogen-bond donors (Lipinski definition) is 1. The SMILES string of the molecule is COc1ccccc1C(NC(=O)c1ccccn1)c1nccn1C. The van der Waals surface area contributed by atoms with Gasteiger partial charge in [0.1, 0.15) is 23.3 Å². The van der Waals surface area contributed by atoms with Crippen LogP contribution in [0.25, 0.3) is 0 Å². The number of nitrogens with one attached hydrogen (secondary N) is 1. The fraction of sp³-hybridized carbons (Fsp3) is 0.167. The van der Waals surface area contributed by atoms with E-state index in [1.165, 1.54) is 0 Å². The Labute approximate surface area is 140 Å². The number of ether oxygens (including phenoxy) is 1. The second-order valence-electron chi connectivity index (χ2n) is 5.26. The number of rotatable bonds is 5. The van der Waals surface area contributed by atoms with Crippen molar-refractivity contribution in [2.45, 2.75) is 6.04 Å². The molecule has 3 rings (SSSR count). The van der Waals surface area contributed by atoms with Crippen molar-refractivity contribution >= 4 is 5.91 Å². The lowest BCUT2D eigenvalue weighted by atomic mass is 10.0. The standard InChI is InChI=1S/C18H18N4O2/c1-22-12-11-20-17(22)16(13-7-3-4-9-15(13)24-2)21-18(23)14-8-5-6-10-19-14/h3-12,16H,1-2H3,(H,21,23). The summed E-state index contributed by atoms with van der Waals surface area (Å²) in [6, 6.07) is 12.3. The molecule has 6 heteroatoms. The van der Waals surface area contributed by atoms with E-state index in [9.17, 15) is 4.79 Å². The van der Waals surface area contributed by atoms with Crippen molar-refractivity contribution in [2.75, 3.05) is 7.11 Å². The lowest BCUT2D eigenvalue weighted by molar-refractivity contribution is 0.0936. The Morgan fingerprint density at radius 2 is 1.92 bits per heavy atom. The maximum atomic E-state index is 12.6. The molecule has 3 aromatic rings. The van der Waals surface area contributed by atoms with Gasteiger partial charge >= 0.3 is 0 Å². The zero-order chi connectivity index (χ0) is 16.9. The highest BCUT2D eigenvalue weighted by molar-refractivity contribution is 5.92. The Balaban J connectivity index is 2.00. The lowest BCUT2D eigenvalue weighted by Crippen LogP contribution is -2.31. The average Bonchev–Trinajstić information content (AvgIpc) is 3.06. The van der Waals surface area contributed by atoms with Gasteiger partial charge < -0.3 is 14.6 Å². The smallest absolute Gasteiger partial charge is 0.270 e. The van der Waals surface area contributed by atoms with Gasteiger partial charge in [-0.1, -0.05) is 24.3 Å². The van der Waals surface area contributed by atoms with Crippen LogP contribution in [0, 0.1) is 0 Å². The molecule has 1 N–H and O–H groups in total. The van der Waals surface area contributed by atoms with Crippen molar-refractivity contribution in [3.05, 3.63) is 78.1 Å². The van der Waals surface area contributed by atoms with Crippen molar-refractivity contribution in [3.63, 3.8) is 0 Å². The summed E-state index contributed by atoms with van der Waals surface area (Å²) in [5.74, 6) is 1.13. The average molecular weight is 322 g/mol. The number of para-hydroxylation sites is 1. The van der Waals surface area contributed by atoms with E-state index in [2.05, 4.69) is 15.3 Å². The molecule has 0 saturated carbocycles. The van der Waals surface area contributed by atoms with Gasteiger partial charge in [-0.05, 0) is 18.2 Å². The number of imidazole rings is 1. The Morgan fingerprint density at radius 3 is 2.58 bits per heavy atom. The molecule has 0 fully saturated rings. The molecular weight excluding hydrogens is 304 g/mol. The Bertz CT molecular complexity index is 830. The highest BCUT2D eigenvalue weighted by Crippen LogP contribution is 2.29. The Morgan fingerprint density at radius 1 is 1.12 bits per heavy atom. The first-order valence-electron chi connectivity index (χ1n) is 7.52. The summed E-state index contributed by atoms with van der Waals surface area (Å²) in [6.45, 7) is 0. The summed E-state index contributed by atoms with van der Waals surface area (Å²) < 4.78 is 7.32. The number of methoxy groups -OCH3 is 1. The maximum absolute atomic E-state index is 12.6. The van der Waals surface area contributed by atoms with E-state index in [1.54, 1.807) is 37.7 Å². The third kappa shape index (κ3) is 3.12. The molecule has 2 heterocycles. The molecule has 1 unspecified atom stereocenters. The molecule has 0 aliphatic heterocycles. The highest BCUT2D eigenvalue weighted by atomic mass is 16.5. The van der Waals surface area contributed by atoms with Gasteiger partial charge in [-0.2, -0.15) is 0 Å². The number of pyridine rings is 1. The van der Waals surface area contributed by atoms with Gasteiger partial charge in [-0.25, -0.2) is 4.98 Å². The van der Waals surface area contributed by atoms with Gasteiger partial charge in [-0.3, -0.25) is 9.78 Å². The predicted octanol–water partition coefficient (Wildman–Crippen LogP) is 2.34. The van der Waals surface area contributed by atoms with E-state index in [0.29, 0.717) is 17.3 Å². The number of aryl methyl sites for hydroxylation is 1. The van der Waals surface area contributed by atoms with E-state index < -0.39 is 6.04 Å². The Hall–Kier alpha value is -3.15.